The lowest BCUT2D eigenvalue weighted by molar-refractivity contribution is 0.0948. The van der Waals surface area contributed by atoms with Crippen molar-refractivity contribution in [2.24, 2.45) is 0 Å². The molecular formula is C23H32N4O4S. The Kier molecular flexibility index (Phi) is 8.25. The first-order valence-electron chi connectivity index (χ1n) is 10.7. The maximum Gasteiger partial charge on any atom is 0.253 e. The van der Waals surface area contributed by atoms with Gasteiger partial charge in [-0.25, -0.2) is 12.7 Å². The van der Waals surface area contributed by atoms with Crippen molar-refractivity contribution in [1.82, 2.24) is 14.5 Å². The second-order valence-electron chi connectivity index (χ2n) is 8.05. The zero-order chi connectivity index (χ0) is 23.1. The van der Waals surface area contributed by atoms with E-state index < -0.39 is 10.0 Å². The fraction of sp³-hybridized carbons (Fsp3) is 0.435. The normalized spacial score (nSPS) is 14.7. The van der Waals surface area contributed by atoms with Gasteiger partial charge < -0.3 is 19.9 Å². The second-order valence-corrected chi connectivity index (χ2v) is 10.2. The molecule has 8 nitrogen and oxygen atoms in total. The fourth-order valence-electron chi connectivity index (χ4n) is 3.58. The first-order chi connectivity index (χ1) is 15.3. The number of sulfonamides is 1. The van der Waals surface area contributed by atoms with Crippen molar-refractivity contribution < 1.29 is 17.9 Å². The van der Waals surface area contributed by atoms with E-state index in [0.717, 1.165) is 16.5 Å². The summed E-state index contributed by atoms with van der Waals surface area (Å²) in [6.07, 6.45) is 0. The molecule has 0 atom stereocenters. The smallest absolute Gasteiger partial charge is 0.253 e. The Bertz CT molecular complexity index is 1010. The lowest BCUT2D eigenvalue weighted by Gasteiger charge is -2.30. The first-order valence-corrected chi connectivity index (χ1v) is 12.1. The zero-order valence-electron chi connectivity index (χ0n) is 19.0. The molecule has 0 saturated carbocycles. The van der Waals surface area contributed by atoms with Crippen LogP contribution in [-0.2, 0) is 21.3 Å². The Balaban J connectivity index is 1.73. The number of nitrogens with zero attached hydrogens (tertiary/aromatic N) is 3. The van der Waals surface area contributed by atoms with Gasteiger partial charge in [0.05, 0.1) is 23.7 Å². The van der Waals surface area contributed by atoms with E-state index in [1.807, 2.05) is 25.2 Å². The van der Waals surface area contributed by atoms with E-state index in [1.54, 1.807) is 12.1 Å². The van der Waals surface area contributed by atoms with Gasteiger partial charge >= 0.3 is 0 Å². The quantitative estimate of drug-likeness (QED) is 0.613. The Morgan fingerprint density at radius 3 is 2.41 bits per heavy atom. The van der Waals surface area contributed by atoms with Crippen LogP contribution in [0.4, 0.5) is 5.69 Å². The predicted molar refractivity (Wildman–Crippen MR) is 125 cm³/mol. The number of amides is 1. The SMILES string of the molecule is CN(CCNC(=O)c1cc(S(=O)(=O)N(C)C)ccc1N1CCOCC1)Cc1ccccc1. The van der Waals surface area contributed by atoms with Crippen LogP contribution in [0.25, 0.3) is 0 Å². The Hall–Kier alpha value is -2.46. The number of hydrogen-bond acceptors (Lipinski definition) is 6. The van der Waals surface area contributed by atoms with Gasteiger partial charge in [-0.1, -0.05) is 30.3 Å². The number of carbonyl (C=O) groups is 1. The van der Waals surface area contributed by atoms with Gasteiger partial charge in [0.1, 0.15) is 0 Å². The van der Waals surface area contributed by atoms with Gasteiger partial charge in [-0.2, -0.15) is 0 Å². The number of anilines is 1. The van der Waals surface area contributed by atoms with E-state index in [2.05, 4.69) is 27.2 Å². The predicted octanol–water partition coefficient (Wildman–Crippen LogP) is 1.64. The van der Waals surface area contributed by atoms with Crippen LogP contribution in [0.15, 0.2) is 53.4 Å². The number of hydrogen-bond donors (Lipinski definition) is 1. The molecule has 0 aliphatic carbocycles. The van der Waals surface area contributed by atoms with Gasteiger partial charge in [-0.15, -0.1) is 0 Å². The van der Waals surface area contributed by atoms with Crippen molar-refractivity contribution >= 4 is 21.6 Å². The molecule has 2 aromatic carbocycles. The highest BCUT2D eigenvalue weighted by molar-refractivity contribution is 7.89. The zero-order valence-corrected chi connectivity index (χ0v) is 19.8. The third kappa shape index (κ3) is 6.07. The summed E-state index contributed by atoms with van der Waals surface area (Å²) >= 11 is 0. The summed E-state index contributed by atoms with van der Waals surface area (Å²) in [4.78, 5) is 17.4. The van der Waals surface area contributed by atoms with Gasteiger partial charge in [-0.3, -0.25) is 4.79 Å². The molecule has 3 rings (SSSR count). The molecule has 0 radical (unpaired) electrons. The number of likely N-dealkylation sites (N-methyl/N-ethyl adjacent to an activating group) is 1. The van der Waals surface area contributed by atoms with Gasteiger partial charge in [0, 0.05) is 52.5 Å². The molecule has 1 aliphatic rings. The van der Waals surface area contributed by atoms with Crippen LogP contribution in [-0.4, -0.2) is 84.1 Å². The Morgan fingerprint density at radius 1 is 1.06 bits per heavy atom. The number of ether oxygens (including phenoxy) is 1. The largest absolute Gasteiger partial charge is 0.378 e. The molecule has 1 heterocycles. The highest BCUT2D eigenvalue weighted by atomic mass is 32.2. The van der Waals surface area contributed by atoms with Gasteiger partial charge in [0.2, 0.25) is 10.0 Å². The number of rotatable bonds is 9. The molecule has 1 fully saturated rings. The summed E-state index contributed by atoms with van der Waals surface area (Å²) in [5, 5.41) is 2.96. The van der Waals surface area contributed by atoms with Gasteiger partial charge in [0.25, 0.3) is 5.91 Å². The Morgan fingerprint density at radius 2 is 1.75 bits per heavy atom. The standard InChI is InChI=1S/C23H32N4O4S/c1-25(2)32(29,30)20-9-10-22(27-13-15-31-16-14-27)21(17-20)23(28)24-11-12-26(3)18-19-7-5-4-6-8-19/h4-10,17H,11-16,18H2,1-3H3,(H,24,28). The van der Waals surface area contributed by atoms with E-state index in [9.17, 15) is 13.2 Å². The molecule has 9 heteroatoms. The van der Waals surface area contributed by atoms with Crippen molar-refractivity contribution in [3.05, 3.63) is 59.7 Å². The van der Waals surface area contributed by atoms with E-state index in [1.165, 1.54) is 25.7 Å². The third-order valence-corrected chi connectivity index (χ3v) is 7.23. The van der Waals surface area contributed by atoms with E-state index in [-0.39, 0.29) is 10.8 Å². The highest BCUT2D eigenvalue weighted by Gasteiger charge is 2.24. The topological polar surface area (TPSA) is 82.2 Å². The van der Waals surface area contributed by atoms with Gasteiger partial charge in [0.15, 0.2) is 0 Å². The molecule has 0 unspecified atom stereocenters. The molecule has 2 aromatic rings. The van der Waals surface area contributed by atoms with Crippen LogP contribution in [0.3, 0.4) is 0 Å². The molecule has 0 bridgehead atoms. The molecule has 0 spiro atoms. The van der Waals surface area contributed by atoms with Crippen LogP contribution in [0.5, 0.6) is 0 Å². The molecular weight excluding hydrogens is 428 g/mol. The number of morpholine rings is 1. The number of nitrogens with one attached hydrogen (secondary N) is 1. The minimum atomic E-state index is -3.65. The Labute approximate surface area is 190 Å². The monoisotopic (exact) mass is 460 g/mol. The maximum atomic E-state index is 13.1. The van der Waals surface area contributed by atoms with Crippen molar-refractivity contribution in [2.75, 3.05) is 65.4 Å². The average molecular weight is 461 g/mol. The van der Waals surface area contributed by atoms with E-state index >= 15 is 0 Å². The lowest BCUT2D eigenvalue weighted by atomic mass is 10.1. The summed E-state index contributed by atoms with van der Waals surface area (Å²) < 4.78 is 31.8. The van der Waals surface area contributed by atoms with Crippen LogP contribution in [0, 0.1) is 0 Å². The first kappa shape index (κ1) is 24.2. The minimum absolute atomic E-state index is 0.103. The number of carbonyl (C=O) groups excluding carboxylic acids is 1. The summed E-state index contributed by atoms with van der Waals surface area (Å²) in [5.74, 6) is -0.282. The summed E-state index contributed by atoms with van der Waals surface area (Å²) in [6, 6.07) is 14.9. The van der Waals surface area contributed by atoms with Crippen LogP contribution < -0.4 is 10.2 Å². The second kappa shape index (κ2) is 10.9. The third-order valence-electron chi connectivity index (χ3n) is 5.42. The minimum Gasteiger partial charge on any atom is -0.378 e. The highest BCUT2D eigenvalue weighted by Crippen LogP contribution is 2.26. The van der Waals surface area contributed by atoms with Crippen LogP contribution in [0.2, 0.25) is 0 Å². The molecule has 1 saturated heterocycles. The van der Waals surface area contributed by atoms with Gasteiger partial charge in [-0.05, 0) is 30.8 Å². The van der Waals surface area contributed by atoms with Crippen molar-refractivity contribution in [3.8, 4) is 0 Å². The van der Waals surface area contributed by atoms with E-state index in [4.69, 9.17) is 4.74 Å². The average Bonchev–Trinajstić information content (AvgIpc) is 2.79. The molecule has 1 aliphatic heterocycles. The van der Waals surface area contributed by atoms with Crippen molar-refractivity contribution in [1.29, 1.82) is 0 Å². The lowest BCUT2D eigenvalue weighted by Crippen LogP contribution is -2.39. The molecule has 174 valence electrons. The molecule has 1 N–H and O–H groups in total. The summed E-state index contributed by atoms with van der Waals surface area (Å²) in [7, 11) is 1.31. The summed E-state index contributed by atoms with van der Waals surface area (Å²) in [5.41, 5.74) is 2.29. The van der Waals surface area contributed by atoms with Crippen molar-refractivity contribution in [2.45, 2.75) is 11.4 Å². The number of benzene rings is 2. The van der Waals surface area contributed by atoms with Crippen LogP contribution in [0.1, 0.15) is 15.9 Å². The summed E-state index contributed by atoms with van der Waals surface area (Å²) in [6.45, 7) is 4.36. The van der Waals surface area contributed by atoms with E-state index in [0.29, 0.717) is 45.0 Å². The molecule has 32 heavy (non-hydrogen) atoms. The van der Waals surface area contributed by atoms with Crippen LogP contribution >= 0.6 is 0 Å². The van der Waals surface area contributed by atoms with Crippen molar-refractivity contribution in [3.63, 3.8) is 0 Å². The fourth-order valence-corrected chi connectivity index (χ4v) is 4.51. The maximum absolute atomic E-state index is 13.1. The molecule has 0 aromatic heterocycles. The molecule has 1 amide bonds.